The third-order valence-electron chi connectivity index (χ3n) is 7.10. The van der Waals surface area contributed by atoms with Crippen LogP contribution in [0.15, 0.2) is 66.9 Å². The van der Waals surface area contributed by atoms with Crippen LogP contribution >= 0.6 is 11.6 Å². The van der Waals surface area contributed by atoms with Crippen LogP contribution in [0.25, 0.3) is 16.7 Å². The summed E-state index contributed by atoms with van der Waals surface area (Å²) in [7, 11) is 0. The fraction of sp³-hybridized carbons (Fsp3) is 0.200. The van der Waals surface area contributed by atoms with Gasteiger partial charge in [-0.25, -0.2) is 13.6 Å². The maximum Gasteiger partial charge on any atom is 0.409 e. The molecule has 0 radical (unpaired) electrons. The molecule has 8 nitrogen and oxygen atoms in total. The monoisotopic (exact) mass is 578 g/mol. The molecule has 1 aromatic heterocycles. The van der Waals surface area contributed by atoms with Gasteiger partial charge in [0.05, 0.1) is 33.9 Å². The number of carbonyl (C=O) groups is 3. The minimum atomic E-state index is -1.24. The summed E-state index contributed by atoms with van der Waals surface area (Å²) in [6.45, 7) is 1.90. The van der Waals surface area contributed by atoms with Gasteiger partial charge in [0.2, 0.25) is 11.8 Å². The van der Waals surface area contributed by atoms with Crippen molar-refractivity contribution in [3.8, 4) is 11.1 Å². The Labute approximate surface area is 239 Å². The number of hydrogen-bond donors (Lipinski definition) is 3. The molecule has 2 aliphatic rings. The number of hydrogen-bond acceptors (Lipinski definition) is 4. The van der Waals surface area contributed by atoms with Gasteiger partial charge in [0, 0.05) is 30.1 Å². The number of fused-ring (bicyclic) bond motifs is 4. The lowest BCUT2D eigenvalue weighted by Crippen LogP contribution is -2.37. The molecule has 2 bridgehead atoms. The lowest BCUT2D eigenvalue weighted by Gasteiger charge is -2.34. The van der Waals surface area contributed by atoms with E-state index in [-0.39, 0.29) is 40.7 Å². The highest BCUT2D eigenvalue weighted by molar-refractivity contribution is 6.31. The quantitative estimate of drug-likeness (QED) is 0.238. The van der Waals surface area contributed by atoms with Gasteiger partial charge in [-0.3, -0.25) is 19.9 Å². The maximum absolute atomic E-state index is 14.7. The highest BCUT2D eigenvalue weighted by Gasteiger charge is 2.30. The highest BCUT2D eigenvalue weighted by Crippen LogP contribution is 2.37. The summed E-state index contributed by atoms with van der Waals surface area (Å²) >= 11 is 5.87. The number of nitrogens with one attached hydrogen (secondary N) is 2. The molecule has 3 amide bonds. The number of halogens is 3. The van der Waals surface area contributed by atoms with E-state index in [4.69, 9.17) is 16.7 Å². The molecule has 2 aliphatic heterocycles. The van der Waals surface area contributed by atoms with Crippen LogP contribution in [-0.4, -0.2) is 39.4 Å². The van der Waals surface area contributed by atoms with E-state index in [0.29, 0.717) is 28.9 Å². The average Bonchev–Trinajstić information content (AvgIpc) is 2.93. The summed E-state index contributed by atoms with van der Waals surface area (Å²) < 4.78 is 29.2. The SMILES string of the molecule is C[C@@H]1C=CC[C@H](N2CCC(c3c(F)ccc(Cl)c3F)=CC2=O)c2cc(ccn2)-c2ccc(NC(=O)O)cc2NC1=O. The number of rotatable bonds is 3. The van der Waals surface area contributed by atoms with E-state index in [1.165, 1.54) is 12.1 Å². The number of pyridine rings is 1. The molecule has 3 heterocycles. The second-order valence-corrected chi connectivity index (χ2v) is 10.2. The van der Waals surface area contributed by atoms with E-state index in [2.05, 4.69) is 15.6 Å². The Morgan fingerprint density at radius 2 is 1.98 bits per heavy atom. The first-order valence-corrected chi connectivity index (χ1v) is 13.2. The molecule has 41 heavy (non-hydrogen) atoms. The summed E-state index contributed by atoms with van der Waals surface area (Å²) in [5.74, 6) is -2.97. The van der Waals surface area contributed by atoms with Crippen molar-refractivity contribution in [2.75, 3.05) is 17.2 Å². The number of carbonyl (C=O) groups excluding carboxylic acids is 2. The van der Waals surface area contributed by atoms with E-state index in [9.17, 15) is 23.2 Å². The van der Waals surface area contributed by atoms with Crippen LogP contribution in [0.4, 0.5) is 25.0 Å². The molecule has 0 aliphatic carbocycles. The van der Waals surface area contributed by atoms with Crippen LogP contribution in [0, 0.1) is 17.6 Å². The minimum absolute atomic E-state index is 0.178. The van der Waals surface area contributed by atoms with E-state index < -0.39 is 35.6 Å². The highest BCUT2D eigenvalue weighted by atomic mass is 35.5. The molecule has 2 atom stereocenters. The fourth-order valence-electron chi connectivity index (χ4n) is 5.04. The van der Waals surface area contributed by atoms with Gasteiger partial charge in [-0.2, -0.15) is 0 Å². The molecular weight excluding hydrogens is 554 g/mol. The number of aromatic nitrogens is 1. The molecule has 0 saturated carbocycles. The van der Waals surface area contributed by atoms with Crippen LogP contribution in [-0.2, 0) is 9.59 Å². The zero-order valence-electron chi connectivity index (χ0n) is 21.8. The van der Waals surface area contributed by atoms with Crippen molar-refractivity contribution in [2.45, 2.75) is 25.8 Å². The second kappa shape index (κ2) is 11.5. The van der Waals surface area contributed by atoms with Crippen LogP contribution in [0.3, 0.4) is 0 Å². The van der Waals surface area contributed by atoms with Crippen molar-refractivity contribution in [3.05, 3.63) is 94.8 Å². The first-order chi connectivity index (χ1) is 19.6. The Balaban J connectivity index is 1.55. The number of anilines is 2. The Hall–Kier alpha value is -4.57. The van der Waals surface area contributed by atoms with Gasteiger partial charge < -0.3 is 15.3 Å². The lowest BCUT2D eigenvalue weighted by molar-refractivity contribution is -0.129. The Morgan fingerprint density at radius 3 is 2.73 bits per heavy atom. The Kier molecular flexibility index (Phi) is 7.85. The summed E-state index contributed by atoms with van der Waals surface area (Å²) in [5, 5.41) is 14.1. The third kappa shape index (κ3) is 5.83. The molecule has 0 fully saturated rings. The minimum Gasteiger partial charge on any atom is -0.465 e. The second-order valence-electron chi connectivity index (χ2n) is 9.79. The molecule has 3 N–H and O–H groups in total. The molecule has 0 spiro atoms. The summed E-state index contributed by atoms with van der Waals surface area (Å²) in [5.41, 5.74) is 2.51. The van der Waals surface area contributed by atoms with E-state index in [0.717, 1.165) is 12.1 Å². The maximum atomic E-state index is 14.7. The van der Waals surface area contributed by atoms with Gasteiger partial charge in [-0.15, -0.1) is 0 Å². The van der Waals surface area contributed by atoms with Gasteiger partial charge in [-0.1, -0.05) is 36.7 Å². The van der Waals surface area contributed by atoms with E-state index >= 15 is 0 Å². The Bertz CT molecular complexity index is 1620. The van der Waals surface area contributed by atoms with Gasteiger partial charge in [0.25, 0.3) is 0 Å². The van der Waals surface area contributed by atoms with E-state index in [1.807, 2.05) is 6.07 Å². The first kappa shape index (κ1) is 28.0. The van der Waals surface area contributed by atoms with E-state index in [1.54, 1.807) is 48.4 Å². The zero-order chi connectivity index (χ0) is 29.3. The molecule has 0 unspecified atom stereocenters. The Morgan fingerprint density at radius 1 is 1.17 bits per heavy atom. The normalized spacial score (nSPS) is 18.9. The van der Waals surface area contributed by atoms with Gasteiger partial charge >= 0.3 is 6.09 Å². The van der Waals surface area contributed by atoms with Crippen molar-refractivity contribution in [1.82, 2.24) is 9.88 Å². The number of nitrogens with zero attached hydrogens (tertiary/aromatic N) is 2. The van der Waals surface area contributed by atoms with Gasteiger partial charge in [-0.05, 0) is 60.4 Å². The number of benzene rings is 2. The van der Waals surface area contributed by atoms with Crippen molar-refractivity contribution >= 4 is 46.5 Å². The fourth-order valence-corrected chi connectivity index (χ4v) is 5.19. The molecule has 11 heteroatoms. The van der Waals surface area contributed by atoms with Crippen molar-refractivity contribution in [2.24, 2.45) is 5.92 Å². The van der Waals surface area contributed by atoms with Crippen LogP contribution in [0.1, 0.15) is 37.1 Å². The molecule has 5 rings (SSSR count). The lowest BCUT2D eigenvalue weighted by atomic mass is 9.94. The smallest absolute Gasteiger partial charge is 0.409 e. The number of amides is 3. The molecule has 0 saturated heterocycles. The van der Waals surface area contributed by atoms with Crippen molar-refractivity contribution in [1.29, 1.82) is 0 Å². The zero-order valence-corrected chi connectivity index (χ0v) is 22.6. The van der Waals surface area contributed by atoms with Crippen molar-refractivity contribution < 1.29 is 28.3 Å². The summed E-state index contributed by atoms with van der Waals surface area (Å²) in [4.78, 5) is 43.7. The topological polar surface area (TPSA) is 112 Å². The standard InChI is InChI=1S/C30H25ClF2N4O4/c1-16-3-2-4-25(37-12-10-18(14-26(37)38)27-22(32)8-7-21(31)28(27)33)24-13-17(9-11-34-24)20-6-5-19(35-30(40)41)15-23(20)36-29(16)39/h2-3,5-9,11,13-16,25,35H,4,10,12H2,1H3,(H,36,39)(H,40,41)/t16-,25+/m1/s1. The third-order valence-corrected chi connectivity index (χ3v) is 7.40. The van der Waals surface area contributed by atoms with Gasteiger partial charge in [0.1, 0.15) is 5.82 Å². The van der Waals surface area contributed by atoms with Gasteiger partial charge in [0.15, 0.2) is 5.82 Å². The van der Waals surface area contributed by atoms with Crippen molar-refractivity contribution in [3.63, 3.8) is 0 Å². The summed E-state index contributed by atoms with van der Waals surface area (Å²) in [6, 6.07) is 10.0. The predicted molar refractivity (Wildman–Crippen MR) is 151 cm³/mol. The average molecular weight is 579 g/mol. The van der Waals surface area contributed by atoms with Crippen LogP contribution in [0.5, 0.6) is 0 Å². The molecule has 210 valence electrons. The molecular formula is C30H25ClF2N4O4. The molecule has 3 aromatic rings. The summed E-state index contributed by atoms with van der Waals surface area (Å²) in [6.07, 6.45) is 5.65. The number of carboxylic acid groups (broad SMARTS) is 1. The molecule has 2 aromatic carbocycles. The first-order valence-electron chi connectivity index (χ1n) is 12.8. The van der Waals surface area contributed by atoms with Crippen LogP contribution in [0.2, 0.25) is 5.02 Å². The van der Waals surface area contributed by atoms with Crippen LogP contribution < -0.4 is 10.6 Å². The largest absolute Gasteiger partial charge is 0.465 e. The predicted octanol–water partition coefficient (Wildman–Crippen LogP) is 6.66.